The van der Waals surface area contributed by atoms with Crippen LogP contribution in [-0.2, 0) is 29.4 Å². The quantitative estimate of drug-likeness (QED) is 0.514. The minimum atomic E-state index is -3.82. The van der Waals surface area contributed by atoms with Gasteiger partial charge in [0.05, 0.1) is 10.9 Å². The highest BCUT2D eigenvalue weighted by molar-refractivity contribution is 7.89. The van der Waals surface area contributed by atoms with Gasteiger partial charge in [-0.05, 0) is 85.2 Å². The zero-order chi connectivity index (χ0) is 24.4. The summed E-state index contributed by atoms with van der Waals surface area (Å²) in [5.74, 6) is 0.913. The highest BCUT2D eigenvalue weighted by atomic mass is 32.2. The van der Waals surface area contributed by atoms with Crippen LogP contribution in [-0.4, -0.2) is 21.1 Å². The first kappa shape index (κ1) is 23.4. The van der Waals surface area contributed by atoms with Gasteiger partial charge < -0.3 is 14.8 Å². The van der Waals surface area contributed by atoms with Gasteiger partial charge in [0.2, 0.25) is 16.8 Å². The summed E-state index contributed by atoms with van der Waals surface area (Å²) in [7, 11) is -3.82. The molecule has 3 aromatic carbocycles. The number of hydrogen-bond acceptors (Lipinski definition) is 5. The average Bonchev–Trinajstić information content (AvgIpc) is 3.35. The average molecular weight is 493 g/mol. The molecule has 0 aromatic heterocycles. The van der Waals surface area contributed by atoms with Gasteiger partial charge in [0.25, 0.3) is 5.91 Å². The summed E-state index contributed by atoms with van der Waals surface area (Å²) in [6, 6.07) is 17.6. The third kappa shape index (κ3) is 5.18. The molecule has 1 amide bonds. The van der Waals surface area contributed by atoms with Crippen molar-refractivity contribution in [2.45, 2.75) is 50.1 Å². The van der Waals surface area contributed by atoms with Gasteiger partial charge >= 0.3 is 0 Å². The first-order valence-electron chi connectivity index (χ1n) is 11.8. The predicted molar refractivity (Wildman–Crippen MR) is 132 cm³/mol. The molecule has 0 saturated carbocycles. The van der Waals surface area contributed by atoms with E-state index >= 15 is 0 Å². The summed E-state index contributed by atoms with van der Waals surface area (Å²) in [5.41, 5.74) is 4.83. The number of fused-ring (bicyclic) bond motifs is 2. The highest BCUT2D eigenvalue weighted by Crippen LogP contribution is 2.32. The van der Waals surface area contributed by atoms with Crippen LogP contribution in [0.2, 0.25) is 0 Å². The number of nitrogens with one attached hydrogen (secondary N) is 2. The lowest BCUT2D eigenvalue weighted by Crippen LogP contribution is -2.28. The molecule has 1 heterocycles. The Morgan fingerprint density at radius 3 is 2.60 bits per heavy atom. The van der Waals surface area contributed by atoms with Crippen molar-refractivity contribution in [3.05, 3.63) is 88.5 Å². The Morgan fingerprint density at radius 2 is 1.74 bits per heavy atom. The Balaban J connectivity index is 1.25. The van der Waals surface area contributed by atoms with E-state index in [2.05, 4.69) is 28.2 Å². The molecule has 0 spiro atoms. The third-order valence-electron chi connectivity index (χ3n) is 6.53. The molecule has 0 fully saturated rings. The lowest BCUT2D eigenvalue weighted by atomic mass is 9.89. The van der Waals surface area contributed by atoms with Crippen LogP contribution < -0.4 is 19.5 Å². The summed E-state index contributed by atoms with van der Waals surface area (Å²) >= 11 is 0. The molecule has 8 heteroatoms. The van der Waals surface area contributed by atoms with Gasteiger partial charge in [-0.15, -0.1) is 0 Å². The van der Waals surface area contributed by atoms with Crippen LogP contribution in [0.4, 0.5) is 0 Å². The molecule has 1 unspecified atom stereocenters. The molecule has 1 atom stereocenters. The molecular formula is C27H28N2O5S. The fourth-order valence-electron chi connectivity index (χ4n) is 4.50. The standard InChI is InChI=1S/C27H28N2O5S/c1-18(21-11-10-20-5-2-3-6-22(20)14-21)29-27(30)23-7-4-8-24(15-23)35(31,32)28-16-19-9-12-25-26(13-19)34-17-33-25/h4,7-15,18,28H,2-3,5-6,16-17H2,1H3,(H,29,30). The van der Waals surface area contributed by atoms with Crippen molar-refractivity contribution in [2.75, 3.05) is 6.79 Å². The Morgan fingerprint density at radius 1 is 0.943 bits per heavy atom. The number of carbonyl (C=O) groups is 1. The van der Waals surface area contributed by atoms with Gasteiger partial charge in [0.15, 0.2) is 11.5 Å². The van der Waals surface area contributed by atoms with Crippen molar-refractivity contribution in [1.29, 1.82) is 0 Å². The monoisotopic (exact) mass is 492 g/mol. The van der Waals surface area contributed by atoms with E-state index in [1.54, 1.807) is 30.3 Å². The van der Waals surface area contributed by atoms with Gasteiger partial charge in [-0.2, -0.15) is 0 Å². The van der Waals surface area contributed by atoms with Gasteiger partial charge in [-0.25, -0.2) is 13.1 Å². The minimum Gasteiger partial charge on any atom is -0.454 e. The SMILES string of the molecule is CC(NC(=O)c1cccc(S(=O)(=O)NCc2ccc3c(c2)OCO3)c1)c1ccc2c(c1)CCCC2. The van der Waals surface area contributed by atoms with Crippen LogP contribution in [0, 0.1) is 0 Å². The molecule has 2 N–H and O–H groups in total. The van der Waals surface area contributed by atoms with Gasteiger partial charge in [-0.1, -0.05) is 30.3 Å². The first-order valence-corrected chi connectivity index (χ1v) is 13.3. The Kier molecular flexibility index (Phi) is 6.49. The number of ether oxygens (including phenoxy) is 2. The van der Waals surface area contributed by atoms with E-state index in [1.165, 1.54) is 36.1 Å². The molecule has 1 aliphatic heterocycles. The summed E-state index contributed by atoms with van der Waals surface area (Å²) in [4.78, 5) is 13.0. The van der Waals surface area contributed by atoms with Crippen molar-refractivity contribution in [1.82, 2.24) is 10.0 Å². The number of carbonyl (C=O) groups excluding carboxylic acids is 1. The predicted octanol–water partition coefficient (Wildman–Crippen LogP) is 4.26. The lowest BCUT2D eigenvalue weighted by Gasteiger charge is -2.20. The fraction of sp³-hybridized carbons (Fsp3) is 0.296. The van der Waals surface area contributed by atoms with Gasteiger partial charge in [0, 0.05) is 12.1 Å². The number of aryl methyl sites for hydroxylation is 2. The van der Waals surface area contributed by atoms with E-state index in [0.717, 1.165) is 24.0 Å². The van der Waals surface area contributed by atoms with E-state index in [1.807, 2.05) is 6.92 Å². The molecular weight excluding hydrogens is 464 g/mol. The summed E-state index contributed by atoms with van der Waals surface area (Å²) in [6.45, 7) is 2.19. The molecule has 3 aromatic rings. The smallest absolute Gasteiger partial charge is 0.251 e. The Labute approximate surface area is 205 Å². The molecule has 5 rings (SSSR count). The fourth-order valence-corrected chi connectivity index (χ4v) is 5.57. The molecule has 182 valence electrons. The van der Waals surface area contributed by atoms with E-state index < -0.39 is 10.0 Å². The van der Waals surface area contributed by atoms with Gasteiger partial charge in [-0.3, -0.25) is 4.79 Å². The number of benzene rings is 3. The molecule has 0 bridgehead atoms. The van der Waals surface area contributed by atoms with E-state index in [-0.39, 0.29) is 30.2 Å². The second kappa shape index (κ2) is 9.71. The van der Waals surface area contributed by atoms with E-state index in [0.29, 0.717) is 17.1 Å². The lowest BCUT2D eigenvalue weighted by molar-refractivity contribution is 0.0939. The van der Waals surface area contributed by atoms with Crippen LogP contribution in [0.1, 0.15) is 58.4 Å². The second-order valence-corrected chi connectivity index (χ2v) is 10.7. The van der Waals surface area contributed by atoms with E-state index in [9.17, 15) is 13.2 Å². The van der Waals surface area contributed by atoms with Crippen molar-refractivity contribution < 1.29 is 22.7 Å². The summed E-state index contributed by atoms with van der Waals surface area (Å²) in [6.07, 6.45) is 4.61. The Hall–Kier alpha value is -3.36. The van der Waals surface area contributed by atoms with Crippen LogP contribution in [0.25, 0.3) is 0 Å². The zero-order valence-corrected chi connectivity index (χ0v) is 20.4. The molecule has 2 aliphatic rings. The number of rotatable bonds is 7. The summed E-state index contributed by atoms with van der Waals surface area (Å²) in [5, 5.41) is 3.00. The van der Waals surface area contributed by atoms with Crippen LogP contribution >= 0.6 is 0 Å². The maximum Gasteiger partial charge on any atom is 0.251 e. The number of hydrogen-bond donors (Lipinski definition) is 2. The van der Waals surface area contributed by atoms with E-state index in [4.69, 9.17) is 9.47 Å². The third-order valence-corrected chi connectivity index (χ3v) is 7.93. The maximum absolute atomic E-state index is 12.9. The molecule has 0 saturated heterocycles. The van der Waals surface area contributed by atoms with Crippen LogP contribution in [0.15, 0.2) is 65.6 Å². The van der Waals surface area contributed by atoms with Crippen molar-refractivity contribution in [3.8, 4) is 11.5 Å². The second-order valence-electron chi connectivity index (χ2n) is 8.97. The molecule has 0 radical (unpaired) electrons. The maximum atomic E-state index is 12.9. The summed E-state index contributed by atoms with van der Waals surface area (Å²) < 4.78 is 39.0. The van der Waals surface area contributed by atoms with Crippen molar-refractivity contribution in [2.24, 2.45) is 0 Å². The van der Waals surface area contributed by atoms with Crippen molar-refractivity contribution in [3.63, 3.8) is 0 Å². The highest BCUT2D eigenvalue weighted by Gasteiger charge is 2.19. The minimum absolute atomic E-state index is 0.0346. The normalized spacial score (nSPS) is 15.3. The van der Waals surface area contributed by atoms with Gasteiger partial charge in [0.1, 0.15) is 0 Å². The Bertz CT molecular complexity index is 1370. The molecule has 35 heavy (non-hydrogen) atoms. The van der Waals surface area contributed by atoms with Crippen LogP contribution in [0.3, 0.4) is 0 Å². The molecule has 7 nitrogen and oxygen atoms in total. The van der Waals surface area contributed by atoms with Crippen molar-refractivity contribution >= 4 is 15.9 Å². The number of amides is 1. The largest absolute Gasteiger partial charge is 0.454 e. The molecule has 1 aliphatic carbocycles. The zero-order valence-electron chi connectivity index (χ0n) is 19.5. The number of sulfonamides is 1. The van der Waals surface area contributed by atoms with Crippen LogP contribution in [0.5, 0.6) is 11.5 Å². The topological polar surface area (TPSA) is 93.7 Å². The first-order chi connectivity index (χ1) is 16.9.